The molecule has 3 heteroatoms. The fourth-order valence-corrected chi connectivity index (χ4v) is 1.40. The van der Waals surface area contributed by atoms with E-state index in [-0.39, 0.29) is 24.0 Å². The maximum Gasteiger partial charge on any atom is 0.193 e. The van der Waals surface area contributed by atoms with Gasteiger partial charge >= 0.3 is 0 Å². The van der Waals surface area contributed by atoms with Gasteiger partial charge in [0.1, 0.15) is 6.20 Å². The molecule has 0 spiro atoms. The second-order valence-corrected chi connectivity index (χ2v) is 3.33. The summed E-state index contributed by atoms with van der Waals surface area (Å²) in [6.45, 7) is 3.46. The molecule has 76 valence electrons. The van der Waals surface area contributed by atoms with Crippen LogP contribution in [0.15, 0.2) is 17.4 Å². The minimum Gasteiger partial charge on any atom is -1.00 e. The molecular weight excluding hydrogens is 275 g/mol. The van der Waals surface area contributed by atoms with Crippen molar-refractivity contribution in [1.29, 1.82) is 0 Å². The maximum atomic E-state index is 4.04. The Morgan fingerprint density at radius 1 is 1.15 bits per heavy atom. The number of hydrogen-bond acceptors (Lipinski definition) is 1. The molecule has 0 fully saturated rings. The van der Waals surface area contributed by atoms with Crippen molar-refractivity contribution < 1.29 is 28.9 Å². The van der Waals surface area contributed by atoms with Crippen molar-refractivity contribution >= 4 is 6.34 Å². The summed E-state index contributed by atoms with van der Waals surface area (Å²) in [6, 6.07) is 0. The van der Waals surface area contributed by atoms with Gasteiger partial charge in [-0.25, -0.2) is 4.99 Å². The van der Waals surface area contributed by atoms with Crippen LogP contribution in [0.2, 0.25) is 0 Å². The van der Waals surface area contributed by atoms with Crippen LogP contribution in [0.5, 0.6) is 0 Å². The smallest absolute Gasteiger partial charge is 0.193 e. The lowest BCUT2D eigenvalue weighted by molar-refractivity contribution is -0.736. The summed E-state index contributed by atoms with van der Waals surface area (Å²) >= 11 is 0. The van der Waals surface area contributed by atoms with Gasteiger partial charge in [-0.3, -0.25) is 4.90 Å². The van der Waals surface area contributed by atoms with Gasteiger partial charge in [0.25, 0.3) is 0 Å². The van der Waals surface area contributed by atoms with Gasteiger partial charge in [0.15, 0.2) is 6.34 Å². The van der Waals surface area contributed by atoms with Crippen LogP contribution in [0.1, 0.15) is 39.0 Å². The molecule has 0 bridgehead atoms. The van der Waals surface area contributed by atoms with Gasteiger partial charge in [0, 0.05) is 0 Å². The molecular formula is C10H19IN2. The number of unbranched alkanes of at least 4 members (excludes halogenated alkanes) is 4. The van der Waals surface area contributed by atoms with Crippen molar-refractivity contribution in [2.24, 2.45) is 4.99 Å². The average Bonchev–Trinajstić information content (AvgIpc) is 2.57. The van der Waals surface area contributed by atoms with Crippen molar-refractivity contribution in [2.45, 2.75) is 39.0 Å². The van der Waals surface area contributed by atoms with E-state index in [1.165, 1.54) is 43.5 Å². The van der Waals surface area contributed by atoms with Crippen LogP contribution in [0.4, 0.5) is 0 Å². The molecule has 0 aromatic rings. The van der Waals surface area contributed by atoms with Crippen LogP contribution >= 0.6 is 0 Å². The third kappa shape index (κ3) is 6.21. The third-order valence-electron chi connectivity index (χ3n) is 2.18. The standard InChI is InChI=1S/C10H18N2.HI/c1-2-3-4-5-6-8-12-9-7-11-10-12;/h7,9-10H,2-6,8H2,1H3;1H. The second kappa shape index (κ2) is 8.69. The summed E-state index contributed by atoms with van der Waals surface area (Å²) in [6.07, 6.45) is 12.8. The topological polar surface area (TPSA) is 16.8 Å². The third-order valence-corrected chi connectivity index (χ3v) is 2.18. The van der Waals surface area contributed by atoms with Gasteiger partial charge in [0.2, 0.25) is 0 Å². The van der Waals surface area contributed by atoms with Gasteiger partial charge in [-0.2, -0.15) is 0 Å². The van der Waals surface area contributed by atoms with Crippen molar-refractivity contribution in [1.82, 2.24) is 0 Å². The predicted molar refractivity (Wildman–Crippen MR) is 52.2 cm³/mol. The molecule has 1 atom stereocenters. The Hall–Kier alpha value is 0.100. The van der Waals surface area contributed by atoms with Crippen molar-refractivity contribution in [3.05, 3.63) is 12.4 Å². The summed E-state index contributed by atoms with van der Waals surface area (Å²) in [7, 11) is 0. The van der Waals surface area contributed by atoms with E-state index in [1.807, 2.05) is 12.5 Å². The molecule has 1 N–H and O–H groups in total. The maximum absolute atomic E-state index is 4.04. The minimum atomic E-state index is 0. The molecule has 1 heterocycles. The first-order valence-electron chi connectivity index (χ1n) is 4.99. The van der Waals surface area contributed by atoms with Crippen LogP contribution < -0.4 is 28.9 Å². The highest BCUT2D eigenvalue weighted by atomic mass is 127. The molecule has 0 radical (unpaired) electrons. The van der Waals surface area contributed by atoms with E-state index < -0.39 is 0 Å². The van der Waals surface area contributed by atoms with Gasteiger partial charge in [-0.1, -0.05) is 26.2 Å². The Morgan fingerprint density at radius 3 is 2.54 bits per heavy atom. The highest BCUT2D eigenvalue weighted by Crippen LogP contribution is 2.00. The highest BCUT2D eigenvalue weighted by Gasteiger charge is 2.03. The second-order valence-electron chi connectivity index (χ2n) is 3.33. The highest BCUT2D eigenvalue weighted by molar-refractivity contribution is 5.47. The summed E-state index contributed by atoms with van der Waals surface area (Å²) in [4.78, 5) is 5.43. The van der Waals surface area contributed by atoms with Crippen molar-refractivity contribution in [3.63, 3.8) is 0 Å². The lowest BCUT2D eigenvalue weighted by atomic mass is 10.1. The van der Waals surface area contributed by atoms with Crippen LogP contribution in [0, 0.1) is 0 Å². The molecule has 1 aliphatic rings. The largest absolute Gasteiger partial charge is 1.00 e. The molecule has 2 nitrogen and oxygen atoms in total. The Bertz CT molecular complexity index is 154. The zero-order valence-electron chi connectivity index (χ0n) is 8.30. The van der Waals surface area contributed by atoms with Crippen molar-refractivity contribution in [2.75, 3.05) is 6.54 Å². The number of quaternary nitrogens is 1. The minimum absolute atomic E-state index is 0. The average molecular weight is 294 g/mol. The molecule has 1 unspecified atom stereocenters. The Morgan fingerprint density at radius 2 is 1.92 bits per heavy atom. The molecule has 1 rings (SSSR count). The van der Waals surface area contributed by atoms with Gasteiger partial charge in [-0.15, -0.1) is 0 Å². The van der Waals surface area contributed by atoms with E-state index >= 15 is 0 Å². The fourth-order valence-electron chi connectivity index (χ4n) is 1.40. The summed E-state index contributed by atoms with van der Waals surface area (Å²) in [5, 5.41) is 0. The quantitative estimate of drug-likeness (QED) is 0.447. The van der Waals surface area contributed by atoms with E-state index in [2.05, 4.69) is 18.1 Å². The van der Waals surface area contributed by atoms with Gasteiger partial charge in [0.05, 0.1) is 12.7 Å². The normalized spacial score (nSPS) is 19.0. The van der Waals surface area contributed by atoms with Crippen LogP contribution in [0.25, 0.3) is 0 Å². The monoisotopic (exact) mass is 294 g/mol. The van der Waals surface area contributed by atoms with Crippen LogP contribution in [-0.2, 0) is 0 Å². The van der Waals surface area contributed by atoms with Gasteiger partial charge < -0.3 is 24.0 Å². The first-order valence-corrected chi connectivity index (χ1v) is 4.99. The number of aliphatic imine (C=N–C) groups is 1. The lowest BCUT2D eigenvalue weighted by Crippen LogP contribution is -3.05. The Kier molecular flexibility index (Phi) is 8.75. The number of nitrogens with one attached hydrogen (secondary N) is 1. The summed E-state index contributed by atoms with van der Waals surface area (Å²) in [5.74, 6) is 0. The Labute approximate surface area is 98.1 Å². The summed E-state index contributed by atoms with van der Waals surface area (Å²) in [5.41, 5.74) is 0. The zero-order chi connectivity index (χ0) is 8.65. The molecule has 0 saturated heterocycles. The SMILES string of the molecule is CCCCCCC[NH+]1C=CN=C1.[I-]. The number of nitrogens with zero attached hydrogens (tertiary/aromatic N) is 1. The molecule has 0 aliphatic carbocycles. The van der Waals surface area contributed by atoms with Crippen molar-refractivity contribution in [3.8, 4) is 0 Å². The lowest BCUT2D eigenvalue weighted by Gasteiger charge is -2.04. The number of halogens is 1. The van der Waals surface area contributed by atoms with Gasteiger partial charge in [-0.05, 0) is 12.8 Å². The molecule has 0 aromatic carbocycles. The van der Waals surface area contributed by atoms with E-state index in [0.29, 0.717) is 0 Å². The van der Waals surface area contributed by atoms with E-state index in [4.69, 9.17) is 0 Å². The number of rotatable bonds is 6. The molecule has 0 aromatic heterocycles. The molecule has 0 saturated carbocycles. The zero-order valence-corrected chi connectivity index (χ0v) is 10.5. The van der Waals surface area contributed by atoms with E-state index in [1.54, 1.807) is 0 Å². The first-order chi connectivity index (χ1) is 5.93. The molecule has 13 heavy (non-hydrogen) atoms. The van der Waals surface area contributed by atoms with E-state index in [9.17, 15) is 0 Å². The molecule has 1 aliphatic heterocycles. The van der Waals surface area contributed by atoms with Crippen LogP contribution in [0.3, 0.4) is 0 Å². The number of hydrogen-bond donors (Lipinski definition) is 1. The Balaban J connectivity index is 0.00000144. The summed E-state index contributed by atoms with van der Waals surface area (Å²) < 4.78 is 0. The predicted octanol–water partition coefficient (Wildman–Crippen LogP) is -1.64. The van der Waals surface area contributed by atoms with E-state index in [0.717, 1.165) is 0 Å². The van der Waals surface area contributed by atoms with Crippen LogP contribution in [-0.4, -0.2) is 12.9 Å². The molecule has 0 amide bonds. The first kappa shape index (κ1) is 13.1. The fraction of sp³-hybridized carbons (Fsp3) is 0.700.